The normalized spacial score (nSPS) is 18.8. The van der Waals surface area contributed by atoms with Crippen molar-refractivity contribution in [3.63, 3.8) is 0 Å². The van der Waals surface area contributed by atoms with Gasteiger partial charge in [0.05, 0.1) is 11.1 Å². The molecule has 2 heterocycles. The molecule has 1 aromatic carbocycles. The largest absolute Gasteiger partial charge is 0.356 e. The van der Waals surface area contributed by atoms with Crippen molar-refractivity contribution in [3.05, 3.63) is 36.0 Å². The van der Waals surface area contributed by atoms with Gasteiger partial charge in [-0.2, -0.15) is 0 Å². The standard InChI is InChI=1S/C16H19N3O4S/c1-11-3-4-12(14-7-8-17-23-14)9-15(11)24(21,22)18-13-5-6-16(20)19(2)10-13/h3-4,7-9,13,18H,5-6,10H2,1-2H3. The highest BCUT2D eigenvalue weighted by molar-refractivity contribution is 7.89. The molecule has 1 atom stereocenters. The van der Waals surface area contributed by atoms with Crippen LogP contribution in [0.15, 0.2) is 39.9 Å². The van der Waals surface area contributed by atoms with Crippen LogP contribution in [0.4, 0.5) is 0 Å². The van der Waals surface area contributed by atoms with Crippen LogP contribution in [0.5, 0.6) is 0 Å². The molecule has 1 amide bonds. The van der Waals surface area contributed by atoms with Crippen LogP contribution in [-0.2, 0) is 14.8 Å². The maximum absolute atomic E-state index is 12.8. The number of benzene rings is 1. The van der Waals surface area contributed by atoms with Crippen molar-refractivity contribution in [1.82, 2.24) is 14.8 Å². The van der Waals surface area contributed by atoms with Crippen molar-refractivity contribution in [2.45, 2.75) is 30.7 Å². The van der Waals surface area contributed by atoms with Gasteiger partial charge in [0.15, 0.2) is 5.76 Å². The molecule has 0 saturated carbocycles. The lowest BCUT2D eigenvalue weighted by molar-refractivity contribution is -0.132. The summed E-state index contributed by atoms with van der Waals surface area (Å²) in [6, 6.07) is 6.50. The third-order valence-electron chi connectivity index (χ3n) is 4.15. The number of hydrogen-bond acceptors (Lipinski definition) is 5. The SMILES string of the molecule is Cc1ccc(-c2ccno2)cc1S(=O)(=O)NC1CCC(=O)N(C)C1. The summed E-state index contributed by atoms with van der Waals surface area (Å²) in [6.45, 7) is 2.12. The molecule has 2 aromatic rings. The van der Waals surface area contributed by atoms with E-state index in [9.17, 15) is 13.2 Å². The zero-order valence-electron chi connectivity index (χ0n) is 13.5. The number of carbonyl (C=O) groups is 1. The van der Waals surface area contributed by atoms with Crippen LogP contribution in [0.1, 0.15) is 18.4 Å². The molecule has 1 aliphatic heterocycles. The van der Waals surface area contributed by atoms with E-state index in [1.165, 1.54) is 6.20 Å². The molecule has 1 N–H and O–H groups in total. The van der Waals surface area contributed by atoms with Crippen LogP contribution < -0.4 is 4.72 Å². The second-order valence-corrected chi connectivity index (χ2v) is 7.67. The van der Waals surface area contributed by atoms with E-state index < -0.39 is 10.0 Å². The zero-order chi connectivity index (χ0) is 17.3. The van der Waals surface area contributed by atoms with Crippen molar-refractivity contribution in [2.75, 3.05) is 13.6 Å². The topological polar surface area (TPSA) is 92.5 Å². The van der Waals surface area contributed by atoms with Crippen LogP contribution in [-0.4, -0.2) is 44.0 Å². The Labute approximate surface area is 140 Å². The Kier molecular flexibility index (Phi) is 4.42. The number of sulfonamides is 1. The fraction of sp³-hybridized carbons (Fsp3) is 0.375. The molecule has 0 radical (unpaired) electrons. The van der Waals surface area contributed by atoms with Gasteiger partial charge < -0.3 is 9.42 Å². The van der Waals surface area contributed by atoms with E-state index in [-0.39, 0.29) is 16.8 Å². The van der Waals surface area contributed by atoms with E-state index in [1.807, 2.05) is 0 Å². The van der Waals surface area contributed by atoms with Crippen molar-refractivity contribution in [2.24, 2.45) is 0 Å². The minimum Gasteiger partial charge on any atom is -0.356 e. The number of hydrogen-bond donors (Lipinski definition) is 1. The predicted molar refractivity (Wildman–Crippen MR) is 87.7 cm³/mol. The molecule has 8 heteroatoms. The van der Waals surface area contributed by atoms with E-state index >= 15 is 0 Å². The first kappa shape index (κ1) is 16.7. The Bertz CT molecular complexity index is 846. The molecule has 1 saturated heterocycles. The second kappa shape index (κ2) is 6.37. The summed E-state index contributed by atoms with van der Waals surface area (Å²) >= 11 is 0. The van der Waals surface area contributed by atoms with Gasteiger partial charge in [0.25, 0.3) is 0 Å². The molecule has 1 fully saturated rings. The maximum Gasteiger partial charge on any atom is 0.241 e. The monoisotopic (exact) mass is 349 g/mol. The van der Waals surface area contributed by atoms with Crippen LogP contribution in [0.25, 0.3) is 11.3 Å². The number of likely N-dealkylation sites (N-methyl/N-ethyl adjacent to an activating group) is 1. The number of aryl methyl sites for hydroxylation is 1. The number of amides is 1. The van der Waals surface area contributed by atoms with Crippen LogP contribution in [0, 0.1) is 6.92 Å². The van der Waals surface area contributed by atoms with Gasteiger partial charge in [0.2, 0.25) is 15.9 Å². The van der Waals surface area contributed by atoms with Gasteiger partial charge in [-0.05, 0) is 25.0 Å². The lowest BCUT2D eigenvalue weighted by Gasteiger charge is -2.30. The molecule has 1 aliphatic rings. The number of rotatable bonds is 4. The molecule has 128 valence electrons. The van der Waals surface area contributed by atoms with Gasteiger partial charge in [-0.1, -0.05) is 17.3 Å². The van der Waals surface area contributed by atoms with E-state index in [4.69, 9.17) is 4.52 Å². The minimum absolute atomic E-state index is 0.0361. The lowest BCUT2D eigenvalue weighted by Crippen LogP contribution is -2.48. The van der Waals surface area contributed by atoms with Gasteiger partial charge in [0, 0.05) is 37.7 Å². The summed E-state index contributed by atoms with van der Waals surface area (Å²) < 4.78 is 33.3. The Morgan fingerprint density at radius 3 is 2.79 bits per heavy atom. The third-order valence-corrected chi connectivity index (χ3v) is 5.81. The summed E-state index contributed by atoms with van der Waals surface area (Å²) in [5, 5.41) is 3.64. The summed E-state index contributed by atoms with van der Waals surface area (Å²) in [6.07, 6.45) is 2.36. The molecule has 24 heavy (non-hydrogen) atoms. The molecular formula is C16H19N3O4S. The fourth-order valence-electron chi connectivity index (χ4n) is 2.80. The van der Waals surface area contributed by atoms with Crippen LogP contribution in [0.3, 0.4) is 0 Å². The number of nitrogens with zero attached hydrogens (tertiary/aromatic N) is 2. The van der Waals surface area contributed by atoms with E-state index in [0.717, 1.165) is 0 Å². The molecule has 0 spiro atoms. The molecule has 3 rings (SSSR count). The van der Waals surface area contributed by atoms with Crippen molar-refractivity contribution in [3.8, 4) is 11.3 Å². The summed E-state index contributed by atoms with van der Waals surface area (Å²) in [5.74, 6) is 0.545. The smallest absolute Gasteiger partial charge is 0.241 e. The van der Waals surface area contributed by atoms with Crippen molar-refractivity contribution >= 4 is 15.9 Å². The first-order valence-electron chi connectivity index (χ1n) is 7.65. The highest BCUT2D eigenvalue weighted by Gasteiger charge is 2.28. The van der Waals surface area contributed by atoms with Crippen LogP contribution in [0.2, 0.25) is 0 Å². The van der Waals surface area contributed by atoms with Crippen LogP contribution >= 0.6 is 0 Å². The van der Waals surface area contributed by atoms with Gasteiger partial charge in [0.1, 0.15) is 0 Å². The van der Waals surface area contributed by atoms with Gasteiger partial charge in [-0.25, -0.2) is 13.1 Å². The number of likely N-dealkylation sites (tertiary alicyclic amines) is 1. The van der Waals surface area contributed by atoms with Crippen molar-refractivity contribution in [1.29, 1.82) is 0 Å². The number of aromatic nitrogens is 1. The molecule has 1 aromatic heterocycles. The maximum atomic E-state index is 12.8. The number of piperidine rings is 1. The number of nitrogens with one attached hydrogen (secondary N) is 1. The second-order valence-electron chi connectivity index (χ2n) is 5.99. The fourth-order valence-corrected chi connectivity index (χ4v) is 4.33. The molecule has 1 unspecified atom stereocenters. The Hall–Kier alpha value is -2.19. The predicted octanol–water partition coefficient (Wildman–Crippen LogP) is 1.55. The Morgan fingerprint density at radius 2 is 2.12 bits per heavy atom. The van der Waals surface area contributed by atoms with E-state index in [1.54, 1.807) is 43.1 Å². The third kappa shape index (κ3) is 3.34. The Balaban J connectivity index is 1.87. The van der Waals surface area contributed by atoms with Gasteiger partial charge in [-0.15, -0.1) is 0 Å². The summed E-state index contributed by atoms with van der Waals surface area (Å²) in [7, 11) is -2.02. The average molecular weight is 349 g/mol. The average Bonchev–Trinajstić information content (AvgIpc) is 3.05. The number of carbonyl (C=O) groups excluding carboxylic acids is 1. The first-order chi connectivity index (χ1) is 11.4. The van der Waals surface area contributed by atoms with E-state index in [0.29, 0.717) is 36.3 Å². The highest BCUT2D eigenvalue weighted by Crippen LogP contribution is 2.25. The first-order valence-corrected chi connectivity index (χ1v) is 9.13. The van der Waals surface area contributed by atoms with Gasteiger partial charge in [-0.3, -0.25) is 4.79 Å². The molecular weight excluding hydrogens is 330 g/mol. The molecule has 0 bridgehead atoms. The lowest BCUT2D eigenvalue weighted by atomic mass is 10.1. The highest BCUT2D eigenvalue weighted by atomic mass is 32.2. The summed E-state index contributed by atoms with van der Waals surface area (Å²) in [5.41, 5.74) is 1.29. The van der Waals surface area contributed by atoms with E-state index in [2.05, 4.69) is 9.88 Å². The molecule has 7 nitrogen and oxygen atoms in total. The minimum atomic E-state index is -3.70. The zero-order valence-corrected chi connectivity index (χ0v) is 14.3. The Morgan fingerprint density at radius 1 is 1.33 bits per heavy atom. The van der Waals surface area contributed by atoms with Crippen molar-refractivity contribution < 1.29 is 17.7 Å². The quantitative estimate of drug-likeness (QED) is 0.904. The van der Waals surface area contributed by atoms with Gasteiger partial charge >= 0.3 is 0 Å². The summed E-state index contributed by atoms with van der Waals surface area (Å²) in [4.78, 5) is 13.3. The molecule has 0 aliphatic carbocycles.